The fourth-order valence-electron chi connectivity index (χ4n) is 4.30. The van der Waals surface area contributed by atoms with Crippen LogP contribution in [0.1, 0.15) is 112 Å². The summed E-state index contributed by atoms with van der Waals surface area (Å²) in [6, 6.07) is 12.7. The highest BCUT2D eigenvalue weighted by atomic mass is 16.5. The fourth-order valence-corrected chi connectivity index (χ4v) is 4.30. The minimum Gasteiger partial charge on any atom is -0.519 e. The van der Waals surface area contributed by atoms with Gasteiger partial charge in [-0.05, 0) is 23.7 Å². The summed E-state index contributed by atoms with van der Waals surface area (Å²) < 4.78 is 8.64. The van der Waals surface area contributed by atoms with Crippen LogP contribution >= 0.6 is 0 Å². The van der Waals surface area contributed by atoms with Gasteiger partial charge >= 0.3 is 0 Å². The lowest BCUT2D eigenvalue weighted by Gasteiger charge is -2.20. The van der Waals surface area contributed by atoms with E-state index in [2.05, 4.69) is 98.0 Å². The molecular formula is C28H37N3O2. The molecule has 0 aliphatic carbocycles. The third-order valence-corrected chi connectivity index (χ3v) is 6.09. The SMILES string of the molecule is COC(=O)c1[c-][n+](-c2c(C(C)C)cccc2C(C)C)nn1-c1c(C(C)C)cccc1C(C)C. The van der Waals surface area contributed by atoms with Crippen molar-refractivity contribution in [2.75, 3.05) is 7.11 Å². The molecular weight excluding hydrogens is 410 g/mol. The topological polar surface area (TPSA) is 48.0 Å². The third-order valence-electron chi connectivity index (χ3n) is 6.09. The van der Waals surface area contributed by atoms with E-state index >= 15 is 0 Å². The Bertz CT molecular complexity index is 1090. The van der Waals surface area contributed by atoms with Crippen LogP contribution in [0.5, 0.6) is 0 Å². The molecule has 5 heteroatoms. The molecule has 0 atom stereocenters. The van der Waals surface area contributed by atoms with E-state index in [1.54, 1.807) is 9.36 Å². The molecule has 0 aliphatic heterocycles. The lowest BCUT2D eigenvalue weighted by molar-refractivity contribution is -0.665. The van der Waals surface area contributed by atoms with Gasteiger partial charge in [-0.1, -0.05) is 103 Å². The second-order valence-corrected chi connectivity index (χ2v) is 9.85. The summed E-state index contributed by atoms with van der Waals surface area (Å²) in [5, 5.41) is 4.97. The Balaban J connectivity index is 2.42. The Hall–Kier alpha value is -2.95. The van der Waals surface area contributed by atoms with Gasteiger partial charge < -0.3 is 9.53 Å². The van der Waals surface area contributed by atoms with E-state index in [0.717, 1.165) is 22.5 Å². The number of carbonyl (C=O) groups excluding carboxylic acids is 1. The van der Waals surface area contributed by atoms with Gasteiger partial charge in [0.15, 0.2) is 11.4 Å². The number of hydrogen-bond acceptors (Lipinski definition) is 3. The average molecular weight is 448 g/mol. The summed E-state index contributed by atoms with van der Waals surface area (Å²) in [7, 11) is 1.40. The molecule has 33 heavy (non-hydrogen) atoms. The highest BCUT2D eigenvalue weighted by Gasteiger charge is 2.28. The maximum absolute atomic E-state index is 12.9. The summed E-state index contributed by atoms with van der Waals surface area (Å²) in [6.45, 7) is 17.3. The van der Waals surface area contributed by atoms with Crippen molar-refractivity contribution in [3.8, 4) is 11.4 Å². The van der Waals surface area contributed by atoms with Crippen molar-refractivity contribution < 1.29 is 14.2 Å². The number of nitrogens with zero attached hydrogens (tertiary/aromatic N) is 3. The minimum absolute atomic E-state index is 0.260. The normalized spacial score (nSPS) is 11.8. The first-order chi connectivity index (χ1) is 15.6. The van der Waals surface area contributed by atoms with Crippen molar-refractivity contribution in [3.63, 3.8) is 0 Å². The zero-order valence-electron chi connectivity index (χ0n) is 21.4. The molecule has 3 aromatic rings. The van der Waals surface area contributed by atoms with Gasteiger partial charge in [0.2, 0.25) is 0 Å². The first-order valence-corrected chi connectivity index (χ1v) is 11.9. The lowest BCUT2D eigenvalue weighted by atomic mass is 9.92. The standard InChI is InChI=1S/C28H37N3O2/c1-17(2)21-12-10-13-22(18(3)4)26(21)30-16-25(28(32)33-9)31(29-30)27-23(19(5)6)14-11-15-24(27)20(7)8/h10-15,17-20H,1-9H3. The van der Waals surface area contributed by atoms with Crippen LogP contribution in [0.3, 0.4) is 0 Å². The lowest BCUT2D eigenvalue weighted by Crippen LogP contribution is -2.37. The van der Waals surface area contributed by atoms with Gasteiger partial charge in [0.1, 0.15) is 0 Å². The molecule has 0 fully saturated rings. The molecule has 2 aromatic carbocycles. The monoisotopic (exact) mass is 447 g/mol. The second-order valence-electron chi connectivity index (χ2n) is 9.85. The molecule has 0 radical (unpaired) electrons. The van der Waals surface area contributed by atoms with E-state index in [-0.39, 0.29) is 11.8 Å². The van der Waals surface area contributed by atoms with Crippen LogP contribution in [0, 0.1) is 6.20 Å². The summed E-state index contributed by atoms with van der Waals surface area (Å²) in [5.41, 5.74) is 6.83. The summed E-state index contributed by atoms with van der Waals surface area (Å²) in [5.74, 6) is 0.649. The molecule has 0 bridgehead atoms. The van der Waals surface area contributed by atoms with E-state index in [1.165, 1.54) is 18.2 Å². The van der Waals surface area contributed by atoms with Crippen molar-refractivity contribution in [2.45, 2.75) is 79.1 Å². The van der Waals surface area contributed by atoms with E-state index in [9.17, 15) is 4.79 Å². The van der Waals surface area contributed by atoms with Crippen LogP contribution in [0.4, 0.5) is 0 Å². The van der Waals surface area contributed by atoms with E-state index in [0.29, 0.717) is 17.5 Å². The van der Waals surface area contributed by atoms with Gasteiger partial charge in [0.25, 0.3) is 5.97 Å². The molecule has 176 valence electrons. The Morgan fingerprint density at radius 3 is 1.64 bits per heavy atom. The zero-order valence-corrected chi connectivity index (χ0v) is 21.4. The highest BCUT2D eigenvalue weighted by molar-refractivity contribution is 5.87. The molecule has 0 saturated carbocycles. The first-order valence-electron chi connectivity index (χ1n) is 11.9. The number of esters is 1. The molecule has 0 amide bonds. The van der Waals surface area contributed by atoms with Crippen molar-refractivity contribution in [2.24, 2.45) is 0 Å². The molecule has 3 rings (SSSR count). The fraction of sp³-hybridized carbons (Fsp3) is 0.464. The van der Waals surface area contributed by atoms with Crippen molar-refractivity contribution in [3.05, 3.63) is 70.5 Å². The van der Waals surface area contributed by atoms with Crippen LogP contribution in [-0.4, -0.2) is 23.0 Å². The first kappa shape index (κ1) is 24.7. The van der Waals surface area contributed by atoms with Crippen LogP contribution in [0.15, 0.2) is 36.4 Å². The number of para-hydroxylation sites is 2. The highest BCUT2D eigenvalue weighted by Crippen LogP contribution is 2.32. The van der Waals surface area contributed by atoms with Gasteiger partial charge in [-0.15, -0.1) is 4.68 Å². The van der Waals surface area contributed by atoms with Gasteiger partial charge in [0.05, 0.1) is 24.2 Å². The third kappa shape index (κ3) is 4.73. The Labute approximate surface area is 198 Å². The van der Waals surface area contributed by atoms with Crippen LogP contribution in [0.25, 0.3) is 11.4 Å². The number of benzene rings is 2. The second kappa shape index (κ2) is 9.90. The van der Waals surface area contributed by atoms with Crippen LogP contribution < -0.4 is 4.68 Å². The molecule has 0 saturated heterocycles. The summed E-state index contributed by atoms with van der Waals surface area (Å²) in [4.78, 5) is 12.9. The average Bonchev–Trinajstić information content (AvgIpc) is 3.21. The maximum Gasteiger partial charge on any atom is 0.277 e. The van der Waals surface area contributed by atoms with Crippen molar-refractivity contribution in [1.29, 1.82) is 0 Å². The largest absolute Gasteiger partial charge is 0.519 e. The Morgan fingerprint density at radius 2 is 1.24 bits per heavy atom. The summed E-state index contributed by atoms with van der Waals surface area (Å²) >= 11 is 0. The quantitative estimate of drug-likeness (QED) is 0.245. The molecule has 5 nitrogen and oxygen atoms in total. The van der Waals surface area contributed by atoms with Gasteiger partial charge in [-0.2, -0.15) is 0 Å². The Kier molecular flexibility index (Phi) is 7.41. The maximum atomic E-state index is 12.9. The minimum atomic E-state index is -0.456. The Morgan fingerprint density at radius 1 is 0.818 bits per heavy atom. The number of ether oxygens (including phenoxy) is 1. The van der Waals surface area contributed by atoms with E-state index < -0.39 is 5.97 Å². The number of aromatic nitrogens is 3. The molecule has 0 aliphatic rings. The van der Waals surface area contributed by atoms with Gasteiger partial charge in [-0.25, -0.2) is 4.68 Å². The van der Waals surface area contributed by atoms with E-state index in [1.807, 2.05) is 0 Å². The number of rotatable bonds is 7. The number of hydrogen-bond donors (Lipinski definition) is 0. The summed E-state index contributed by atoms with van der Waals surface area (Å²) in [6.07, 6.45) is 3.26. The molecule has 0 spiro atoms. The number of carbonyl (C=O) groups is 1. The van der Waals surface area contributed by atoms with Gasteiger partial charge in [-0.3, -0.25) is 0 Å². The molecule has 0 unspecified atom stereocenters. The van der Waals surface area contributed by atoms with Crippen LogP contribution in [-0.2, 0) is 4.74 Å². The van der Waals surface area contributed by atoms with E-state index in [4.69, 9.17) is 9.95 Å². The van der Waals surface area contributed by atoms with Gasteiger partial charge in [0, 0.05) is 11.1 Å². The zero-order chi connectivity index (χ0) is 24.4. The predicted octanol–water partition coefficient (Wildman–Crippen LogP) is 6.23. The molecule has 1 aromatic heterocycles. The smallest absolute Gasteiger partial charge is 0.277 e. The van der Waals surface area contributed by atoms with Crippen molar-refractivity contribution in [1.82, 2.24) is 9.90 Å². The molecule has 0 N–H and O–H groups in total. The molecule has 1 heterocycles. The predicted molar refractivity (Wildman–Crippen MR) is 132 cm³/mol. The van der Waals surface area contributed by atoms with Crippen LogP contribution in [0.2, 0.25) is 0 Å². The van der Waals surface area contributed by atoms with Crippen molar-refractivity contribution >= 4 is 5.97 Å². The number of methoxy groups -OCH3 is 1.